The summed E-state index contributed by atoms with van der Waals surface area (Å²) in [5.41, 5.74) is 2.32. The Kier molecular flexibility index (Phi) is 3.77. The van der Waals surface area contributed by atoms with Crippen molar-refractivity contribution in [3.63, 3.8) is 0 Å². The van der Waals surface area contributed by atoms with Crippen LogP contribution in [0.25, 0.3) is 0 Å². The van der Waals surface area contributed by atoms with Crippen LogP contribution in [0.5, 0.6) is 5.75 Å². The molecule has 2 aliphatic carbocycles. The van der Waals surface area contributed by atoms with Gasteiger partial charge in [-0.25, -0.2) is 0 Å². The molecule has 1 unspecified atom stereocenters. The van der Waals surface area contributed by atoms with Crippen molar-refractivity contribution in [2.45, 2.75) is 52.5 Å². The highest BCUT2D eigenvalue weighted by Crippen LogP contribution is 2.62. The van der Waals surface area contributed by atoms with Crippen LogP contribution in [0.4, 0.5) is 0 Å². The third-order valence-electron chi connectivity index (χ3n) is 6.17. The maximum atomic E-state index is 5.30. The maximum Gasteiger partial charge on any atom is 0.119 e. The molecule has 2 heteroatoms. The summed E-state index contributed by atoms with van der Waals surface area (Å²) >= 11 is 0. The van der Waals surface area contributed by atoms with Crippen LogP contribution in [0.15, 0.2) is 24.3 Å². The lowest BCUT2D eigenvalue weighted by atomic mass is 9.68. The molecule has 2 bridgehead atoms. The predicted molar refractivity (Wildman–Crippen MR) is 87.7 cm³/mol. The zero-order valence-electron chi connectivity index (χ0n) is 13.9. The molecule has 2 nitrogen and oxygen atoms in total. The molecule has 2 saturated carbocycles. The van der Waals surface area contributed by atoms with E-state index in [1.807, 2.05) is 6.07 Å². The normalized spacial score (nSPS) is 33.3. The zero-order chi connectivity index (χ0) is 15.1. The second-order valence-corrected chi connectivity index (χ2v) is 7.90. The van der Waals surface area contributed by atoms with Gasteiger partial charge in [-0.1, -0.05) is 32.9 Å². The van der Waals surface area contributed by atoms with E-state index in [9.17, 15) is 0 Å². The number of fused-ring (bicyclic) bond motifs is 2. The van der Waals surface area contributed by atoms with Crippen molar-refractivity contribution in [3.8, 4) is 5.75 Å². The molecule has 0 heterocycles. The number of rotatable bonds is 5. The van der Waals surface area contributed by atoms with Crippen LogP contribution in [0.1, 0.15) is 45.6 Å². The first-order chi connectivity index (χ1) is 9.95. The van der Waals surface area contributed by atoms with E-state index in [1.54, 1.807) is 7.11 Å². The van der Waals surface area contributed by atoms with Crippen molar-refractivity contribution in [1.82, 2.24) is 5.32 Å². The molecule has 2 fully saturated rings. The molecule has 1 N–H and O–H groups in total. The molecule has 0 spiro atoms. The molecule has 0 amide bonds. The van der Waals surface area contributed by atoms with Gasteiger partial charge in [-0.15, -0.1) is 0 Å². The first-order valence-corrected chi connectivity index (χ1v) is 8.32. The van der Waals surface area contributed by atoms with Crippen LogP contribution >= 0.6 is 0 Å². The minimum absolute atomic E-state index is 0.446. The molecule has 3 rings (SSSR count). The SMILES string of the molecule is COc1cccc(CCNC2C(C)(C)[C@H]3CC[C@]2(C)C3)c1. The molecule has 116 valence electrons. The number of hydrogen-bond acceptors (Lipinski definition) is 2. The van der Waals surface area contributed by atoms with E-state index in [-0.39, 0.29) is 0 Å². The minimum Gasteiger partial charge on any atom is -0.497 e. The Hall–Kier alpha value is -1.02. The van der Waals surface area contributed by atoms with E-state index in [0.717, 1.165) is 24.6 Å². The monoisotopic (exact) mass is 287 g/mol. The highest BCUT2D eigenvalue weighted by Gasteiger charge is 2.58. The standard InChI is InChI=1S/C19H29NO/c1-18(2)15-8-10-19(3,13-15)17(18)20-11-9-14-6-5-7-16(12-14)21-4/h5-7,12,15,17,20H,8-11,13H2,1-4H3/t15-,17?,19+/m0/s1. The molecule has 0 aromatic heterocycles. The van der Waals surface area contributed by atoms with Gasteiger partial charge in [0.1, 0.15) is 5.75 Å². The molecular weight excluding hydrogens is 258 g/mol. The molecule has 1 aromatic carbocycles. The summed E-state index contributed by atoms with van der Waals surface area (Å²) in [6, 6.07) is 9.09. The van der Waals surface area contributed by atoms with Gasteiger partial charge in [0, 0.05) is 6.04 Å². The van der Waals surface area contributed by atoms with Gasteiger partial charge in [0.2, 0.25) is 0 Å². The van der Waals surface area contributed by atoms with Crippen molar-refractivity contribution in [2.75, 3.05) is 13.7 Å². The highest BCUT2D eigenvalue weighted by atomic mass is 16.5. The second kappa shape index (κ2) is 5.31. The van der Waals surface area contributed by atoms with Crippen LogP contribution < -0.4 is 10.1 Å². The van der Waals surface area contributed by atoms with Crippen LogP contribution in [0.2, 0.25) is 0 Å². The minimum atomic E-state index is 0.446. The number of nitrogens with one attached hydrogen (secondary N) is 1. The van der Waals surface area contributed by atoms with Crippen molar-refractivity contribution < 1.29 is 4.74 Å². The van der Waals surface area contributed by atoms with Gasteiger partial charge in [0.25, 0.3) is 0 Å². The summed E-state index contributed by atoms with van der Waals surface area (Å²) in [6.45, 7) is 8.48. The summed E-state index contributed by atoms with van der Waals surface area (Å²) in [7, 11) is 1.73. The Balaban J connectivity index is 1.60. The average Bonchev–Trinajstić information content (AvgIpc) is 2.94. The van der Waals surface area contributed by atoms with Gasteiger partial charge < -0.3 is 10.1 Å². The third-order valence-corrected chi connectivity index (χ3v) is 6.17. The predicted octanol–water partition coefficient (Wildman–Crippen LogP) is 4.04. The summed E-state index contributed by atoms with van der Waals surface area (Å²) in [5, 5.41) is 3.89. The van der Waals surface area contributed by atoms with E-state index >= 15 is 0 Å². The van der Waals surface area contributed by atoms with E-state index in [0.29, 0.717) is 16.9 Å². The summed E-state index contributed by atoms with van der Waals surface area (Å²) < 4.78 is 5.30. The number of hydrogen-bond donors (Lipinski definition) is 1. The van der Waals surface area contributed by atoms with E-state index in [2.05, 4.69) is 44.3 Å². The zero-order valence-corrected chi connectivity index (χ0v) is 13.9. The van der Waals surface area contributed by atoms with E-state index in [4.69, 9.17) is 4.74 Å². The Morgan fingerprint density at radius 1 is 1.29 bits per heavy atom. The Bertz CT molecular complexity index is 505. The number of methoxy groups -OCH3 is 1. The van der Waals surface area contributed by atoms with Crippen molar-refractivity contribution in [2.24, 2.45) is 16.7 Å². The largest absolute Gasteiger partial charge is 0.497 e. The number of benzene rings is 1. The maximum absolute atomic E-state index is 5.30. The lowest BCUT2D eigenvalue weighted by Crippen LogP contribution is -2.50. The van der Waals surface area contributed by atoms with Gasteiger partial charge in [0.15, 0.2) is 0 Å². The van der Waals surface area contributed by atoms with E-state index < -0.39 is 0 Å². The van der Waals surface area contributed by atoms with Crippen LogP contribution in [0, 0.1) is 16.7 Å². The molecule has 1 aromatic rings. The van der Waals surface area contributed by atoms with Gasteiger partial charge in [-0.05, 0) is 66.7 Å². The third kappa shape index (κ3) is 2.59. The summed E-state index contributed by atoms with van der Waals surface area (Å²) in [4.78, 5) is 0. The van der Waals surface area contributed by atoms with Gasteiger partial charge in [-0.2, -0.15) is 0 Å². The smallest absolute Gasteiger partial charge is 0.119 e. The second-order valence-electron chi connectivity index (χ2n) is 7.90. The molecule has 0 saturated heterocycles. The molecular formula is C19H29NO. The Morgan fingerprint density at radius 2 is 2.10 bits per heavy atom. The van der Waals surface area contributed by atoms with Gasteiger partial charge in [-0.3, -0.25) is 0 Å². The van der Waals surface area contributed by atoms with Crippen LogP contribution in [-0.4, -0.2) is 19.7 Å². The summed E-state index contributed by atoms with van der Waals surface area (Å²) in [5.74, 6) is 1.87. The summed E-state index contributed by atoms with van der Waals surface area (Å²) in [6.07, 6.45) is 5.32. The Labute approximate surface area is 129 Å². The number of ether oxygens (including phenoxy) is 1. The van der Waals surface area contributed by atoms with Gasteiger partial charge in [0.05, 0.1) is 7.11 Å². The fourth-order valence-corrected chi connectivity index (χ4v) is 5.00. The van der Waals surface area contributed by atoms with Gasteiger partial charge >= 0.3 is 0 Å². The topological polar surface area (TPSA) is 21.3 Å². The first-order valence-electron chi connectivity index (χ1n) is 8.32. The molecule has 3 atom stereocenters. The fourth-order valence-electron chi connectivity index (χ4n) is 5.00. The molecule has 21 heavy (non-hydrogen) atoms. The highest BCUT2D eigenvalue weighted by molar-refractivity contribution is 5.28. The quantitative estimate of drug-likeness (QED) is 0.882. The first kappa shape index (κ1) is 14.9. The lowest BCUT2D eigenvalue weighted by molar-refractivity contribution is 0.110. The van der Waals surface area contributed by atoms with Crippen molar-refractivity contribution in [1.29, 1.82) is 0 Å². The fraction of sp³-hybridized carbons (Fsp3) is 0.684. The lowest BCUT2D eigenvalue weighted by Gasteiger charge is -2.43. The van der Waals surface area contributed by atoms with Crippen molar-refractivity contribution in [3.05, 3.63) is 29.8 Å². The van der Waals surface area contributed by atoms with Crippen LogP contribution in [-0.2, 0) is 6.42 Å². The average molecular weight is 287 g/mol. The van der Waals surface area contributed by atoms with E-state index in [1.165, 1.54) is 24.8 Å². The van der Waals surface area contributed by atoms with Crippen LogP contribution in [0.3, 0.4) is 0 Å². The molecule has 0 radical (unpaired) electrons. The molecule has 0 aliphatic heterocycles. The Morgan fingerprint density at radius 3 is 2.76 bits per heavy atom. The molecule has 2 aliphatic rings. The van der Waals surface area contributed by atoms with Crippen molar-refractivity contribution >= 4 is 0 Å².